The van der Waals surface area contributed by atoms with E-state index in [-0.39, 0.29) is 0 Å². The fourth-order valence-electron chi connectivity index (χ4n) is 1.77. The number of aliphatic hydroxyl groups is 1. The van der Waals surface area contributed by atoms with Crippen LogP contribution < -0.4 is 0 Å². The van der Waals surface area contributed by atoms with Crippen LogP contribution in [0.15, 0.2) is 47.2 Å². The summed E-state index contributed by atoms with van der Waals surface area (Å²) in [5.41, 5.74) is 3.11. The molecule has 0 fully saturated rings. The number of rotatable bonds is 3. The van der Waals surface area contributed by atoms with Gasteiger partial charge in [0.15, 0.2) is 0 Å². The monoisotopic (exact) mass is 291 g/mol. The molecule has 1 N–H and O–H groups in total. The first-order valence-corrected chi connectivity index (χ1v) is 6.29. The first kappa shape index (κ1) is 12.3. The molecule has 1 aromatic carbocycles. The quantitative estimate of drug-likeness (QED) is 0.940. The minimum absolute atomic E-state index is 0.506. The predicted molar refractivity (Wildman–Crippen MR) is 71.8 cm³/mol. The molecule has 0 saturated carbocycles. The maximum atomic E-state index is 10.2. The first-order valence-electron chi connectivity index (χ1n) is 5.50. The average Bonchev–Trinajstić information content (AvgIpc) is 2.33. The van der Waals surface area contributed by atoms with Crippen molar-refractivity contribution in [3.8, 4) is 0 Å². The second-order valence-corrected chi connectivity index (χ2v) is 4.96. The van der Waals surface area contributed by atoms with Crippen molar-refractivity contribution in [3.63, 3.8) is 0 Å². The second kappa shape index (κ2) is 5.43. The summed E-state index contributed by atoms with van der Waals surface area (Å²) in [6.07, 6.45) is 3.59. The number of halogens is 1. The lowest BCUT2D eigenvalue weighted by atomic mass is 10.0. The van der Waals surface area contributed by atoms with Crippen LogP contribution in [0.3, 0.4) is 0 Å². The summed E-state index contributed by atoms with van der Waals surface area (Å²) in [4.78, 5) is 4.05. The van der Waals surface area contributed by atoms with Gasteiger partial charge in [-0.25, -0.2) is 0 Å². The van der Waals surface area contributed by atoms with Gasteiger partial charge in [0.05, 0.1) is 6.10 Å². The van der Waals surface area contributed by atoms with Gasteiger partial charge in [0, 0.05) is 23.3 Å². The maximum absolute atomic E-state index is 10.2. The standard InChI is InChI=1S/C14H14BrNO/c1-10-4-5-13(15)12(7-10)14(17)8-11-3-2-6-16-9-11/h2-7,9,14,17H,8H2,1H3. The fourth-order valence-corrected chi connectivity index (χ4v) is 2.28. The molecule has 0 bridgehead atoms. The molecule has 0 radical (unpaired) electrons. The zero-order valence-electron chi connectivity index (χ0n) is 9.60. The van der Waals surface area contributed by atoms with Gasteiger partial charge in [-0.3, -0.25) is 4.98 Å². The molecule has 2 nitrogen and oxygen atoms in total. The Hall–Kier alpha value is -1.19. The topological polar surface area (TPSA) is 33.1 Å². The number of hydrogen-bond acceptors (Lipinski definition) is 2. The molecule has 0 amide bonds. The van der Waals surface area contributed by atoms with E-state index in [4.69, 9.17) is 0 Å². The molecule has 1 heterocycles. The van der Waals surface area contributed by atoms with Crippen molar-refractivity contribution in [3.05, 3.63) is 63.9 Å². The molecule has 2 aromatic rings. The lowest BCUT2D eigenvalue weighted by Crippen LogP contribution is -2.03. The number of hydrogen-bond donors (Lipinski definition) is 1. The van der Waals surface area contributed by atoms with Crippen molar-refractivity contribution in [2.45, 2.75) is 19.4 Å². The zero-order chi connectivity index (χ0) is 12.3. The Bertz CT molecular complexity index is 499. The number of aliphatic hydroxyl groups excluding tert-OH is 1. The van der Waals surface area contributed by atoms with Crippen molar-refractivity contribution in [2.75, 3.05) is 0 Å². The Morgan fingerprint density at radius 2 is 2.18 bits per heavy atom. The van der Waals surface area contributed by atoms with Crippen LogP contribution in [0.2, 0.25) is 0 Å². The lowest BCUT2D eigenvalue weighted by Gasteiger charge is -2.13. The number of nitrogens with zero attached hydrogens (tertiary/aromatic N) is 1. The molecule has 0 aliphatic carbocycles. The van der Waals surface area contributed by atoms with E-state index >= 15 is 0 Å². The van der Waals surface area contributed by atoms with Crippen molar-refractivity contribution < 1.29 is 5.11 Å². The van der Waals surface area contributed by atoms with E-state index in [1.165, 1.54) is 0 Å². The molecule has 3 heteroatoms. The van der Waals surface area contributed by atoms with Crippen LogP contribution in [-0.4, -0.2) is 10.1 Å². The molecular weight excluding hydrogens is 278 g/mol. The summed E-state index contributed by atoms with van der Waals surface area (Å²) >= 11 is 3.47. The van der Waals surface area contributed by atoms with E-state index in [1.807, 2.05) is 37.3 Å². The lowest BCUT2D eigenvalue weighted by molar-refractivity contribution is 0.177. The third-order valence-electron chi connectivity index (χ3n) is 2.66. The Labute approximate surface area is 109 Å². The number of benzene rings is 1. The van der Waals surface area contributed by atoms with Crippen LogP contribution in [0.25, 0.3) is 0 Å². The number of pyridine rings is 1. The summed E-state index contributed by atoms with van der Waals surface area (Å²) in [6, 6.07) is 9.85. The molecule has 0 aliphatic heterocycles. The Balaban J connectivity index is 2.20. The predicted octanol–water partition coefficient (Wildman–Crippen LogP) is 3.43. The van der Waals surface area contributed by atoms with E-state index in [2.05, 4.69) is 20.9 Å². The van der Waals surface area contributed by atoms with Crippen LogP contribution in [0.5, 0.6) is 0 Å². The number of aromatic nitrogens is 1. The summed E-state index contributed by atoms with van der Waals surface area (Å²) in [7, 11) is 0. The van der Waals surface area contributed by atoms with Gasteiger partial charge in [-0.05, 0) is 30.2 Å². The third kappa shape index (κ3) is 3.14. The Kier molecular flexibility index (Phi) is 3.92. The number of aryl methyl sites for hydroxylation is 1. The Morgan fingerprint density at radius 3 is 2.88 bits per heavy atom. The van der Waals surface area contributed by atoms with Crippen LogP contribution in [0.1, 0.15) is 22.8 Å². The summed E-state index contributed by atoms with van der Waals surface area (Å²) in [5, 5.41) is 10.2. The van der Waals surface area contributed by atoms with Crippen molar-refractivity contribution in [1.82, 2.24) is 4.98 Å². The highest BCUT2D eigenvalue weighted by Gasteiger charge is 2.12. The second-order valence-electron chi connectivity index (χ2n) is 4.11. The van der Waals surface area contributed by atoms with E-state index in [9.17, 15) is 5.11 Å². The molecule has 0 aliphatic rings. The van der Waals surface area contributed by atoms with Gasteiger partial charge in [-0.2, -0.15) is 0 Å². The van der Waals surface area contributed by atoms with Crippen LogP contribution in [-0.2, 0) is 6.42 Å². The fraction of sp³-hybridized carbons (Fsp3) is 0.214. The van der Waals surface area contributed by atoms with E-state index in [0.717, 1.165) is 21.2 Å². The van der Waals surface area contributed by atoms with E-state index in [0.29, 0.717) is 6.42 Å². The highest BCUT2D eigenvalue weighted by molar-refractivity contribution is 9.10. The van der Waals surface area contributed by atoms with Crippen molar-refractivity contribution in [2.24, 2.45) is 0 Å². The highest BCUT2D eigenvalue weighted by Crippen LogP contribution is 2.26. The van der Waals surface area contributed by atoms with E-state index in [1.54, 1.807) is 12.4 Å². The molecule has 2 rings (SSSR count). The largest absolute Gasteiger partial charge is 0.388 e. The minimum atomic E-state index is -0.506. The van der Waals surface area contributed by atoms with Crippen LogP contribution in [0.4, 0.5) is 0 Å². The average molecular weight is 292 g/mol. The van der Waals surface area contributed by atoms with Gasteiger partial charge in [0.2, 0.25) is 0 Å². The molecule has 17 heavy (non-hydrogen) atoms. The van der Waals surface area contributed by atoms with Gasteiger partial charge in [0.25, 0.3) is 0 Å². The minimum Gasteiger partial charge on any atom is -0.388 e. The van der Waals surface area contributed by atoms with Gasteiger partial charge >= 0.3 is 0 Å². The molecular formula is C14H14BrNO. The molecule has 1 atom stereocenters. The maximum Gasteiger partial charge on any atom is 0.0841 e. The summed E-state index contributed by atoms with van der Waals surface area (Å²) in [6.45, 7) is 2.02. The van der Waals surface area contributed by atoms with Gasteiger partial charge in [-0.1, -0.05) is 39.7 Å². The normalized spacial score (nSPS) is 12.4. The molecule has 88 valence electrons. The summed E-state index contributed by atoms with van der Waals surface area (Å²) < 4.78 is 0.944. The van der Waals surface area contributed by atoms with Gasteiger partial charge in [-0.15, -0.1) is 0 Å². The van der Waals surface area contributed by atoms with Crippen molar-refractivity contribution in [1.29, 1.82) is 0 Å². The smallest absolute Gasteiger partial charge is 0.0841 e. The SMILES string of the molecule is Cc1ccc(Br)c(C(O)Cc2cccnc2)c1. The van der Waals surface area contributed by atoms with Crippen LogP contribution >= 0.6 is 15.9 Å². The van der Waals surface area contributed by atoms with E-state index < -0.39 is 6.10 Å². The third-order valence-corrected chi connectivity index (χ3v) is 3.38. The molecule has 0 spiro atoms. The van der Waals surface area contributed by atoms with Gasteiger partial charge in [0.1, 0.15) is 0 Å². The molecule has 0 saturated heterocycles. The van der Waals surface area contributed by atoms with Crippen molar-refractivity contribution >= 4 is 15.9 Å². The first-order chi connectivity index (χ1) is 8.16. The Morgan fingerprint density at radius 1 is 1.35 bits per heavy atom. The highest BCUT2D eigenvalue weighted by atomic mass is 79.9. The molecule has 1 aromatic heterocycles. The summed E-state index contributed by atoms with van der Waals surface area (Å²) in [5.74, 6) is 0. The zero-order valence-corrected chi connectivity index (χ0v) is 11.2. The van der Waals surface area contributed by atoms with Crippen LogP contribution in [0, 0.1) is 6.92 Å². The molecule has 1 unspecified atom stereocenters. The van der Waals surface area contributed by atoms with Gasteiger partial charge < -0.3 is 5.11 Å².